The molecule has 0 bridgehead atoms. The lowest BCUT2D eigenvalue weighted by molar-refractivity contribution is 0.104. The Bertz CT molecular complexity index is 805. The monoisotopic (exact) mass is 379 g/mol. The summed E-state index contributed by atoms with van der Waals surface area (Å²) in [6.07, 6.45) is 7.28. The molecule has 1 heterocycles. The number of ketones is 1. The van der Waals surface area contributed by atoms with Gasteiger partial charge in [-0.2, -0.15) is 0 Å². The summed E-state index contributed by atoms with van der Waals surface area (Å²) in [5.74, 6) is 0.803. The van der Waals surface area contributed by atoms with Crippen LogP contribution in [0.5, 0.6) is 5.75 Å². The molecule has 4 nitrogen and oxygen atoms in total. The largest absolute Gasteiger partial charge is 0.496 e. The number of allylic oxidation sites excluding steroid dienone is 1. The van der Waals surface area contributed by atoms with Crippen LogP contribution in [-0.4, -0.2) is 32.6 Å². The van der Waals surface area contributed by atoms with E-state index in [9.17, 15) is 4.79 Å². The molecule has 1 aliphatic heterocycles. The van der Waals surface area contributed by atoms with Crippen LogP contribution in [0.1, 0.15) is 47.7 Å². The van der Waals surface area contributed by atoms with Crippen LogP contribution in [-0.2, 0) is 11.3 Å². The fourth-order valence-electron chi connectivity index (χ4n) is 3.48. The Morgan fingerprint density at radius 1 is 1.07 bits per heavy atom. The van der Waals surface area contributed by atoms with Gasteiger partial charge in [0.05, 0.1) is 13.7 Å². The third-order valence-corrected chi connectivity index (χ3v) is 5.07. The van der Waals surface area contributed by atoms with Crippen LogP contribution in [0, 0.1) is 0 Å². The number of carbonyl (C=O) groups is 1. The molecule has 0 amide bonds. The maximum atomic E-state index is 12.5. The molecule has 1 aliphatic rings. The third-order valence-electron chi connectivity index (χ3n) is 5.07. The first kappa shape index (κ1) is 20.2. The van der Waals surface area contributed by atoms with Gasteiger partial charge in [-0.3, -0.25) is 4.79 Å². The fraction of sp³-hybridized carbons (Fsp3) is 0.375. The van der Waals surface area contributed by atoms with Crippen LogP contribution in [0.3, 0.4) is 0 Å². The molecule has 0 spiro atoms. The van der Waals surface area contributed by atoms with Gasteiger partial charge in [-0.05, 0) is 74.2 Å². The van der Waals surface area contributed by atoms with Crippen molar-refractivity contribution in [3.63, 3.8) is 0 Å². The van der Waals surface area contributed by atoms with Gasteiger partial charge in [0.15, 0.2) is 5.78 Å². The SMILES string of the molecule is CCOCc1cc(/C=C/C(=O)c2ccc(N3CCCCC3)cc2)ccc1OC. The Hall–Kier alpha value is -2.59. The molecule has 0 radical (unpaired) electrons. The minimum atomic E-state index is 0.00682. The number of rotatable bonds is 8. The maximum absolute atomic E-state index is 12.5. The van der Waals surface area contributed by atoms with Crippen LogP contribution >= 0.6 is 0 Å². The summed E-state index contributed by atoms with van der Waals surface area (Å²) in [6, 6.07) is 13.8. The van der Waals surface area contributed by atoms with Gasteiger partial charge < -0.3 is 14.4 Å². The van der Waals surface area contributed by atoms with Crippen molar-refractivity contribution < 1.29 is 14.3 Å². The molecule has 3 rings (SSSR count). The highest BCUT2D eigenvalue weighted by molar-refractivity contribution is 6.07. The van der Waals surface area contributed by atoms with Gasteiger partial charge in [0.25, 0.3) is 0 Å². The molecule has 0 aliphatic carbocycles. The van der Waals surface area contributed by atoms with Crippen molar-refractivity contribution in [3.8, 4) is 5.75 Å². The zero-order valence-corrected chi connectivity index (χ0v) is 16.8. The Labute approximate surface area is 167 Å². The van der Waals surface area contributed by atoms with Gasteiger partial charge in [0, 0.05) is 36.5 Å². The topological polar surface area (TPSA) is 38.8 Å². The van der Waals surface area contributed by atoms with E-state index in [-0.39, 0.29) is 5.78 Å². The van der Waals surface area contributed by atoms with Crippen molar-refractivity contribution in [1.29, 1.82) is 0 Å². The third kappa shape index (κ3) is 5.23. The average molecular weight is 380 g/mol. The van der Waals surface area contributed by atoms with Crippen molar-refractivity contribution in [3.05, 3.63) is 65.2 Å². The average Bonchev–Trinajstić information content (AvgIpc) is 2.76. The zero-order valence-electron chi connectivity index (χ0n) is 16.8. The van der Waals surface area contributed by atoms with E-state index in [1.165, 1.54) is 24.9 Å². The van der Waals surface area contributed by atoms with Crippen molar-refractivity contribution in [2.75, 3.05) is 31.7 Å². The number of ether oxygens (including phenoxy) is 2. The van der Waals surface area contributed by atoms with Gasteiger partial charge in [-0.25, -0.2) is 0 Å². The normalized spacial score (nSPS) is 14.4. The molecule has 0 saturated carbocycles. The van der Waals surface area contributed by atoms with E-state index in [0.29, 0.717) is 18.8 Å². The zero-order chi connectivity index (χ0) is 19.8. The maximum Gasteiger partial charge on any atom is 0.185 e. The molecule has 2 aromatic rings. The minimum Gasteiger partial charge on any atom is -0.496 e. The summed E-state index contributed by atoms with van der Waals surface area (Å²) < 4.78 is 10.9. The standard InChI is InChI=1S/C24H29NO3/c1-3-28-18-21-17-19(8-14-24(21)27-2)7-13-23(26)20-9-11-22(12-10-20)25-15-5-4-6-16-25/h7-14,17H,3-6,15-16,18H2,1-2H3/b13-7+. The van der Waals surface area contributed by atoms with E-state index in [4.69, 9.17) is 9.47 Å². The van der Waals surface area contributed by atoms with E-state index >= 15 is 0 Å². The van der Waals surface area contributed by atoms with Gasteiger partial charge in [-0.1, -0.05) is 12.1 Å². The van der Waals surface area contributed by atoms with Crippen molar-refractivity contribution in [2.24, 2.45) is 0 Å². The van der Waals surface area contributed by atoms with Crippen LogP contribution in [0.2, 0.25) is 0 Å². The molecule has 0 N–H and O–H groups in total. The number of hydrogen-bond donors (Lipinski definition) is 0. The van der Waals surface area contributed by atoms with Crippen molar-refractivity contribution in [1.82, 2.24) is 0 Å². The first-order chi connectivity index (χ1) is 13.7. The molecule has 28 heavy (non-hydrogen) atoms. The molecule has 0 aromatic heterocycles. The first-order valence-corrected chi connectivity index (χ1v) is 10.0. The highest BCUT2D eigenvalue weighted by Gasteiger charge is 2.11. The Morgan fingerprint density at radius 2 is 1.82 bits per heavy atom. The number of anilines is 1. The van der Waals surface area contributed by atoms with Gasteiger partial charge in [0.1, 0.15) is 5.75 Å². The predicted octanol–water partition coefficient (Wildman–Crippen LogP) is 5.12. The van der Waals surface area contributed by atoms with Crippen LogP contribution in [0.15, 0.2) is 48.5 Å². The Kier molecular flexibility index (Phi) is 7.26. The quantitative estimate of drug-likeness (QED) is 0.471. The fourth-order valence-corrected chi connectivity index (χ4v) is 3.48. The second kappa shape index (κ2) is 10.1. The Morgan fingerprint density at radius 3 is 2.50 bits per heavy atom. The van der Waals surface area contributed by atoms with E-state index in [1.807, 2.05) is 43.3 Å². The molecule has 1 saturated heterocycles. The number of nitrogens with zero attached hydrogens (tertiary/aromatic N) is 1. The van der Waals surface area contributed by atoms with Gasteiger partial charge in [-0.15, -0.1) is 0 Å². The summed E-state index contributed by atoms with van der Waals surface area (Å²) >= 11 is 0. The molecular formula is C24H29NO3. The Balaban J connectivity index is 1.67. The lowest BCUT2D eigenvalue weighted by Crippen LogP contribution is -2.29. The molecular weight excluding hydrogens is 350 g/mol. The van der Waals surface area contributed by atoms with E-state index in [1.54, 1.807) is 13.2 Å². The molecule has 4 heteroatoms. The summed E-state index contributed by atoms with van der Waals surface area (Å²) in [7, 11) is 1.65. The summed E-state index contributed by atoms with van der Waals surface area (Å²) in [4.78, 5) is 14.9. The first-order valence-electron chi connectivity index (χ1n) is 10.0. The highest BCUT2D eigenvalue weighted by atomic mass is 16.5. The van der Waals surface area contributed by atoms with Crippen LogP contribution < -0.4 is 9.64 Å². The summed E-state index contributed by atoms with van der Waals surface area (Å²) in [6.45, 7) is 5.32. The summed E-state index contributed by atoms with van der Waals surface area (Å²) in [5, 5.41) is 0. The van der Waals surface area contributed by atoms with Crippen LogP contribution in [0.4, 0.5) is 5.69 Å². The second-order valence-electron chi connectivity index (χ2n) is 7.00. The predicted molar refractivity (Wildman–Crippen MR) is 114 cm³/mol. The number of methoxy groups -OCH3 is 1. The lowest BCUT2D eigenvalue weighted by atomic mass is 10.1. The molecule has 2 aromatic carbocycles. The molecule has 148 valence electrons. The van der Waals surface area contributed by atoms with Crippen LogP contribution in [0.25, 0.3) is 6.08 Å². The second-order valence-corrected chi connectivity index (χ2v) is 7.00. The number of carbonyl (C=O) groups excluding carboxylic acids is 1. The molecule has 1 fully saturated rings. The minimum absolute atomic E-state index is 0.00682. The molecule has 0 atom stereocenters. The smallest absolute Gasteiger partial charge is 0.185 e. The summed E-state index contributed by atoms with van der Waals surface area (Å²) in [5.41, 5.74) is 3.84. The number of piperidine rings is 1. The van der Waals surface area contributed by atoms with E-state index < -0.39 is 0 Å². The van der Waals surface area contributed by atoms with Crippen molar-refractivity contribution >= 4 is 17.5 Å². The highest BCUT2D eigenvalue weighted by Crippen LogP contribution is 2.23. The molecule has 0 unspecified atom stereocenters. The van der Waals surface area contributed by atoms with Gasteiger partial charge in [0.2, 0.25) is 0 Å². The van der Waals surface area contributed by atoms with Gasteiger partial charge >= 0.3 is 0 Å². The van der Waals surface area contributed by atoms with Crippen molar-refractivity contribution in [2.45, 2.75) is 32.8 Å². The lowest BCUT2D eigenvalue weighted by Gasteiger charge is -2.28. The number of benzene rings is 2. The van der Waals surface area contributed by atoms with E-state index in [0.717, 1.165) is 30.0 Å². The van der Waals surface area contributed by atoms with E-state index in [2.05, 4.69) is 17.0 Å². The number of hydrogen-bond acceptors (Lipinski definition) is 4.